The van der Waals surface area contributed by atoms with Crippen LogP contribution in [0.4, 0.5) is 10.5 Å². The smallest absolute Gasteiger partial charge is 0.322 e. The maximum absolute atomic E-state index is 12.5. The van der Waals surface area contributed by atoms with Crippen LogP contribution in [0.2, 0.25) is 0 Å². The molecule has 1 fully saturated rings. The standard InChI is InChI=1S/C20H33N3O2/c1-6-25-19-10-8-7-9-18(19)21-20(24)23-13-17(14-23)22(11-15(2)3)12-16(4)5/h7-10,15-17H,6,11-14H2,1-5H3,(H,21,24). The highest BCUT2D eigenvalue weighted by Crippen LogP contribution is 2.25. The van der Waals surface area contributed by atoms with Crippen molar-refractivity contribution in [1.29, 1.82) is 0 Å². The molecule has 25 heavy (non-hydrogen) atoms. The zero-order valence-corrected chi connectivity index (χ0v) is 16.3. The van der Waals surface area contributed by atoms with E-state index >= 15 is 0 Å². The maximum Gasteiger partial charge on any atom is 0.322 e. The molecule has 1 aliphatic rings. The number of likely N-dealkylation sites (tertiary alicyclic amines) is 1. The third-order valence-electron chi connectivity index (χ3n) is 4.29. The first-order valence-electron chi connectivity index (χ1n) is 9.42. The van der Waals surface area contributed by atoms with Crippen LogP contribution in [0.15, 0.2) is 24.3 Å². The predicted octanol–water partition coefficient (Wildman–Crippen LogP) is 3.92. The van der Waals surface area contributed by atoms with Gasteiger partial charge in [-0.05, 0) is 30.9 Å². The van der Waals surface area contributed by atoms with E-state index in [0.29, 0.717) is 24.5 Å². The molecule has 0 bridgehead atoms. The van der Waals surface area contributed by atoms with E-state index in [9.17, 15) is 4.79 Å². The van der Waals surface area contributed by atoms with E-state index in [1.807, 2.05) is 36.1 Å². The minimum atomic E-state index is -0.0440. The molecular weight excluding hydrogens is 314 g/mol. The summed E-state index contributed by atoms with van der Waals surface area (Å²) in [6.45, 7) is 15.3. The minimum absolute atomic E-state index is 0.0440. The predicted molar refractivity (Wildman–Crippen MR) is 103 cm³/mol. The second-order valence-electron chi connectivity index (χ2n) is 7.66. The van der Waals surface area contributed by atoms with Gasteiger partial charge in [0.15, 0.2) is 0 Å². The highest BCUT2D eigenvalue weighted by Gasteiger charge is 2.35. The zero-order valence-electron chi connectivity index (χ0n) is 16.3. The molecule has 1 saturated heterocycles. The van der Waals surface area contributed by atoms with Gasteiger partial charge >= 0.3 is 6.03 Å². The van der Waals surface area contributed by atoms with Crippen molar-refractivity contribution in [3.8, 4) is 5.75 Å². The lowest BCUT2D eigenvalue weighted by Crippen LogP contribution is -2.62. The molecule has 140 valence electrons. The quantitative estimate of drug-likeness (QED) is 0.775. The molecule has 5 nitrogen and oxygen atoms in total. The van der Waals surface area contributed by atoms with Crippen LogP contribution in [-0.4, -0.2) is 54.7 Å². The summed E-state index contributed by atoms with van der Waals surface area (Å²) in [5.74, 6) is 2.00. The number of hydrogen-bond donors (Lipinski definition) is 1. The van der Waals surface area contributed by atoms with Crippen LogP contribution in [0.3, 0.4) is 0 Å². The third kappa shape index (κ3) is 5.63. The van der Waals surface area contributed by atoms with Gasteiger partial charge in [-0.15, -0.1) is 0 Å². The fraction of sp³-hybridized carbons (Fsp3) is 0.650. The van der Waals surface area contributed by atoms with Gasteiger partial charge in [0.05, 0.1) is 12.3 Å². The van der Waals surface area contributed by atoms with E-state index in [4.69, 9.17) is 4.74 Å². The Labute approximate surface area is 152 Å². The van der Waals surface area contributed by atoms with E-state index in [1.54, 1.807) is 0 Å². The molecule has 1 aromatic carbocycles. The molecule has 0 spiro atoms. The summed E-state index contributed by atoms with van der Waals surface area (Å²) in [4.78, 5) is 16.9. The summed E-state index contributed by atoms with van der Waals surface area (Å²) in [5, 5.41) is 2.98. The average Bonchev–Trinajstić information content (AvgIpc) is 2.46. The number of urea groups is 1. The van der Waals surface area contributed by atoms with Gasteiger partial charge in [0.2, 0.25) is 0 Å². The number of benzene rings is 1. The molecular formula is C20H33N3O2. The van der Waals surface area contributed by atoms with Gasteiger partial charge in [0, 0.05) is 32.2 Å². The molecule has 0 atom stereocenters. The van der Waals surface area contributed by atoms with Crippen molar-refractivity contribution >= 4 is 11.7 Å². The molecule has 1 N–H and O–H groups in total. The van der Waals surface area contributed by atoms with Crippen LogP contribution in [-0.2, 0) is 0 Å². The number of amides is 2. The van der Waals surface area contributed by atoms with Crippen molar-refractivity contribution in [2.24, 2.45) is 11.8 Å². The van der Waals surface area contributed by atoms with E-state index < -0.39 is 0 Å². The summed E-state index contributed by atoms with van der Waals surface area (Å²) in [6.07, 6.45) is 0. The highest BCUT2D eigenvalue weighted by molar-refractivity contribution is 5.91. The van der Waals surface area contributed by atoms with Crippen LogP contribution in [0.25, 0.3) is 0 Å². The first-order valence-corrected chi connectivity index (χ1v) is 9.42. The Morgan fingerprint density at radius 2 is 1.80 bits per heavy atom. The monoisotopic (exact) mass is 347 g/mol. The Bertz CT molecular complexity index is 544. The Morgan fingerprint density at radius 1 is 1.20 bits per heavy atom. The molecule has 1 heterocycles. The molecule has 1 aromatic rings. The fourth-order valence-corrected chi connectivity index (χ4v) is 3.21. The van der Waals surface area contributed by atoms with Crippen molar-refractivity contribution in [2.45, 2.75) is 40.7 Å². The minimum Gasteiger partial charge on any atom is -0.492 e. The fourth-order valence-electron chi connectivity index (χ4n) is 3.21. The second-order valence-corrected chi connectivity index (χ2v) is 7.66. The number of carbonyl (C=O) groups is 1. The summed E-state index contributed by atoms with van der Waals surface area (Å²) >= 11 is 0. The SMILES string of the molecule is CCOc1ccccc1NC(=O)N1CC(N(CC(C)C)CC(C)C)C1. The van der Waals surface area contributed by atoms with Gasteiger partial charge in [0.25, 0.3) is 0 Å². The molecule has 0 saturated carbocycles. The van der Waals surface area contributed by atoms with Crippen molar-refractivity contribution < 1.29 is 9.53 Å². The highest BCUT2D eigenvalue weighted by atomic mass is 16.5. The van der Waals surface area contributed by atoms with Crippen molar-refractivity contribution in [2.75, 3.05) is 38.1 Å². The molecule has 0 radical (unpaired) electrons. The topological polar surface area (TPSA) is 44.8 Å². The summed E-state index contributed by atoms with van der Waals surface area (Å²) in [7, 11) is 0. The number of anilines is 1. The van der Waals surface area contributed by atoms with Gasteiger partial charge in [-0.2, -0.15) is 0 Å². The van der Waals surface area contributed by atoms with E-state index in [1.165, 1.54) is 0 Å². The molecule has 2 amide bonds. The zero-order chi connectivity index (χ0) is 18.4. The largest absolute Gasteiger partial charge is 0.492 e. The molecule has 0 aromatic heterocycles. The molecule has 1 aliphatic heterocycles. The first-order chi connectivity index (χ1) is 11.9. The van der Waals surface area contributed by atoms with E-state index in [2.05, 4.69) is 37.9 Å². The van der Waals surface area contributed by atoms with Crippen LogP contribution in [0, 0.1) is 11.8 Å². The lowest BCUT2D eigenvalue weighted by molar-refractivity contribution is 0.0464. The molecule has 5 heteroatoms. The molecule has 0 aliphatic carbocycles. The Hall–Kier alpha value is -1.75. The lowest BCUT2D eigenvalue weighted by Gasteiger charge is -2.46. The Kier molecular flexibility index (Phi) is 7.12. The number of hydrogen-bond acceptors (Lipinski definition) is 3. The molecule has 2 rings (SSSR count). The van der Waals surface area contributed by atoms with Crippen LogP contribution in [0.5, 0.6) is 5.75 Å². The Balaban J connectivity index is 1.89. The van der Waals surface area contributed by atoms with Gasteiger partial charge < -0.3 is 15.0 Å². The van der Waals surface area contributed by atoms with Crippen LogP contribution in [0.1, 0.15) is 34.6 Å². The number of carbonyl (C=O) groups excluding carboxylic acids is 1. The third-order valence-corrected chi connectivity index (χ3v) is 4.29. The average molecular weight is 348 g/mol. The maximum atomic E-state index is 12.5. The normalized spacial score (nSPS) is 15.0. The first kappa shape index (κ1) is 19.6. The molecule has 0 unspecified atom stereocenters. The number of para-hydroxylation sites is 2. The Morgan fingerprint density at radius 3 is 2.36 bits per heavy atom. The van der Waals surface area contributed by atoms with Crippen LogP contribution < -0.4 is 10.1 Å². The van der Waals surface area contributed by atoms with E-state index in [0.717, 1.165) is 37.6 Å². The number of nitrogens with one attached hydrogen (secondary N) is 1. The van der Waals surface area contributed by atoms with Crippen molar-refractivity contribution in [1.82, 2.24) is 9.80 Å². The number of nitrogens with zero attached hydrogens (tertiary/aromatic N) is 2. The number of rotatable bonds is 8. The van der Waals surface area contributed by atoms with Gasteiger partial charge in [-0.3, -0.25) is 4.90 Å². The van der Waals surface area contributed by atoms with Gasteiger partial charge in [0.1, 0.15) is 5.75 Å². The number of ether oxygens (including phenoxy) is 1. The van der Waals surface area contributed by atoms with Crippen LogP contribution >= 0.6 is 0 Å². The summed E-state index contributed by atoms with van der Waals surface area (Å²) in [5.41, 5.74) is 0.735. The van der Waals surface area contributed by atoms with Gasteiger partial charge in [-0.25, -0.2) is 4.79 Å². The summed E-state index contributed by atoms with van der Waals surface area (Å²) < 4.78 is 5.57. The van der Waals surface area contributed by atoms with Crippen molar-refractivity contribution in [3.63, 3.8) is 0 Å². The van der Waals surface area contributed by atoms with E-state index in [-0.39, 0.29) is 6.03 Å². The van der Waals surface area contributed by atoms with Gasteiger partial charge in [-0.1, -0.05) is 39.8 Å². The lowest BCUT2D eigenvalue weighted by atomic mass is 10.0. The summed E-state index contributed by atoms with van der Waals surface area (Å²) in [6, 6.07) is 8.00. The van der Waals surface area contributed by atoms with Crippen molar-refractivity contribution in [3.05, 3.63) is 24.3 Å². The second kappa shape index (κ2) is 9.09.